The predicted molar refractivity (Wildman–Crippen MR) is 181 cm³/mol. The molecule has 1 saturated carbocycles. The molecule has 7 rings (SSSR count). The minimum absolute atomic E-state index is 0.0412. The van der Waals surface area contributed by atoms with Crippen LogP contribution in [0.2, 0.25) is 0 Å². The Morgan fingerprint density at radius 3 is 2.18 bits per heavy atom. The van der Waals surface area contributed by atoms with Gasteiger partial charge in [-0.2, -0.15) is 23.1 Å². The number of piperazine rings is 2. The van der Waals surface area contributed by atoms with Gasteiger partial charge in [0.1, 0.15) is 5.82 Å². The van der Waals surface area contributed by atoms with Gasteiger partial charge in [-0.05, 0) is 24.0 Å². The number of carbonyl (C=O) groups is 1. The van der Waals surface area contributed by atoms with Crippen molar-refractivity contribution in [1.82, 2.24) is 34.6 Å². The Labute approximate surface area is 294 Å². The maximum Gasteiger partial charge on any atom is 0.422 e. The molecule has 0 spiro atoms. The van der Waals surface area contributed by atoms with Gasteiger partial charge in [0, 0.05) is 63.2 Å². The Hall–Kier alpha value is -4.82. The number of alkyl halides is 3. The third-order valence-corrected chi connectivity index (χ3v) is 9.74. The van der Waals surface area contributed by atoms with Gasteiger partial charge in [-0.1, -0.05) is 60.7 Å². The predicted octanol–water partition coefficient (Wildman–Crippen LogP) is 4.95. The highest BCUT2D eigenvalue weighted by Gasteiger charge is 2.44. The quantitative estimate of drug-likeness (QED) is 0.213. The number of benzene rings is 2. The second-order valence-electron chi connectivity index (χ2n) is 13.2. The van der Waals surface area contributed by atoms with Crippen molar-refractivity contribution in [3.8, 4) is 17.6 Å². The largest absolute Gasteiger partial charge is 0.481 e. The van der Waals surface area contributed by atoms with Crippen molar-refractivity contribution in [2.75, 3.05) is 53.6 Å². The molecular formula is C37H40F3N7O4. The molecule has 0 radical (unpaired) electrons. The molecular weight excluding hydrogens is 663 g/mol. The van der Waals surface area contributed by atoms with Crippen LogP contribution in [-0.4, -0.2) is 112 Å². The molecule has 1 aliphatic carbocycles. The van der Waals surface area contributed by atoms with Crippen LogP contribution in [0.4, 0.5) is 13.2 Å². The van der Waals surface area contributed by atoms with Gasteiger partial charge in [0.2, 0.25) is 17.6 Å². The van der Waals surface area contributed by atoms with Gasteiger partial charge >= 0.3 is 6.18 Å². The van der Waals surface area contributed by atoms with E-state index >= 15 is 0 Å². The number of methoxy groups -OCH3 is 2. The summed E-state index contributed by atoms with van der Waals surface area (Å²) in [6.45, 7) is 1.32. The number of hydrogen-bond donors (Lipinski definition) is 0. The number of hydrogen-bond acceptors (Lipinski definition) is 10. The van der Waals surface area contributed by atoms with Crippen LogP contribution in [0.1, 0.15) is 57.7 Å². The molecule has 14 heteroatoms. The monoisotopic (exact) mass is 703 g/mol. The van der Waals surface area contributed by atoms with E-state index in [2.05, 4.69) is 54.0 Å². The van der Waals surface area contributed by atoms with Gasteiger partial charge in [-0.25, -0.2) is 4.98 Å². The standard InChI is InChI=1S/C37H40F3N7O4/c1-49-31-18-41-17-29(42-31)36(48)46-15-16-47-27(20-46)19-45(22-30(47)32(24-9-5-3-6-10-24)25-11-7-4-8-12-25)21-28-34(50-2)43-33(26-13-14-26)44-35(28)51-23-37(38,39)40/h3-12,17-18,26-27,30,32H,13-16,19-23H2,1-2H3. The van der Waals surface area contributed by atoms with Gasteiger partial charge in [0.05, 0.1) is 32.2 Å². The summed E-state index contributed by atoms with van der Waals surface area (Å²) < 4.78 is 56.6. The molecule has 2 aromatic heterocycles. The third-order valence-electron chi connectivity index (χ3n) is 9.74. The molecule has 3 fully saturated rings. The Bertz CT molecular complexity index is 1770. The van der Waals surface area contributed by atoms with Gasteiger partial charge in [-0.15, -0.1) is 0 Å². The molecule has 3 aliphatic rings. The van der Waals surface area contributed by atoms with E-state index in [9.17, 15) is 18.0 Å². The summed E-state index contributed by atoms with van der Waals surface area (Å²) in [6.07, 6.45) is 0.0737. The summed E-state index contributed by atoms with van der Waals surface area (Å²) in [5.74, 6) is 0.579. The number of fused-ring (bicyclic) bond motifs is 1. The van der Waals surface area contributed by atoms with E-state index in [-0.39, 0.29) is 59.7 Å². The Kier molecular flexibility index (Phi) is 10.0. The van der Waals surface area contributed by atoms with E-state index in [1.54, 1.807) is 4.90 Å². The molecule has 268 valence electrons. The van der Waals surface area contributed by atoms with Crippen LogP contribution < -0.4 is 14.2 Å². The summed E-state index contributed by atoms with van der Waals surface area (Å²) in [6, 6.07) is 20.4. The normalized spacial score (nSPS) is 19.8. The second-order valence-corrected chi connectivity index (χ2v) is 13.2. The molecule has 51 heavy (non-hydrogen) atoms. The van der Waals surface area contributed by atoms with Gasteiger partial charge in [0.15, 0.2) is 12.3 Å². The number of ether oxygens (including phenoxy) is 3. The number of aromatic nitrogens is 4. The lowest BCUT2D eigenvalue weighted by atomic mass is 9.81. The topological polar surface area (TPSA) is 106 Å². The highest BCUT2D eigenvalue weighted by molar-refractivity contribution is 5.92. The Morgan fingerprint density at radius 1 is 0.863 bits per heavy atom. The smallest absolute Gasteiger partial charge is 0.422 e. The minimum Gasteiger partial charge on any atom is -0.481 e. The van der Waals surface area contributed by atoms with Crippen molar-refractivity contribution in [2.24, 2.45) is 0 Å². The first kappa shape index (κ1) is 34.6. The average molecular weight is 704 g/mol. The number of nitrogens with zero attached hydrogens (tertiary/aromatic N) is 7. The molecule has 2 atom stereocenters. The molecule has 11 nitrogen and oxygen atoms in total. The fraction of sp³-hybridized carbons (Fsp3) is 0.432. The molecule has 4 aromatic rings. The van der Waals surface area contributed by atoms with E-state index in [0.29, 0.717) is 44.1 Å². The molecule has 4 heterocycles. The molecule has 2 unspecified atom stereocenters. The van der Waals surface area contributed by atoms with Gasteiger partial charge in [0.25, 0.3) is 5.91 Å². The zero-order valence-corrected chi connectivity index (χ0v) is 28.5. The molecule has 0 N–H and O–H groups in total. The van der Waals surface area contributed by atoms with Crippen molar-refractivity contribution in [3.05, 3.63) is 101 Å². The van der Waals surface area contributed by atoms with Crippen molar-refractivity contribution >= 4 is 5.91 Å². The first-order chi connectivity index (χ1) is 24.7. The van der Waals surface area contributed by atoms with Crippen molar-refractivity contribution in [3.63, 3.8) is 0 Å². The van der Waals surface area contributed by atoms with Crippen LogP contribution in [0, 0.1) is 0 Å². The summed E-state index contributed by atoms with van der Waals surface area (Å²) >= 11 is 0. The van der Waals surface area contributed by atoms with E-state index in [0.717, 1.165) is 24.0 Å². The molecule has 1 amide bonds. The summed E-state index contributed by atoms with van der Waals surface area (Å²) in [5, 5.41) is 0. The lowest BCUT2D eigenvalue weighted by Crippen LogP contribution is -2.67. The fourth-order valence-electron chi connectivity index (χ4n) is 7.27. The van der Waals surface area contributed by atoms with E-state index in [1.165, 1.54) is 26.6 Å². The SMILES string of the molecule is COc1cncc(C(=O)N2CCN3C(CN(Cc4c(OC)nc(C5CC5)nc4OCC(F)(F)F)CC3C(c3ccccc3)c3ccccc3)C2)n1. The van der Waals surface area contributed by atoms with E-state index in [4.69, 9.17) is 14.2 Å². The zero-order chi connectivity index (χ0) is 35.5. The van der Waals surface area contributed by atoms with Crippen LogP contribution in [0.5, 0.6) is 17.6 Å². The lowest BCUT2D eigenvalue weighted by Gasteiger charge is -2.53. The van der Waals surface area contributed by atoms with Gasteiger partial charge < -0.3 is 19.1 Å². The Balaban J connectivity index is 1.25. The van der Waals surface area contributed by atoms with Crippen LogP contribution in [0.15, 0.2) is 73.1 Å². The maximum absolute atomic E-state index is 13.7. The number of halogens is 3. The number of carbonyl (C=O) groups excluding carboxylic acids is 1. The molecule has 2 aromatic carbocycles. The Morgan fingerprint density at radius 2 is 1.55 bits per heavy atom. The summed E-state index contributed by atoms with van der Waals surface area (Å²) in [7, 11) is 2.94. The van der Waals surface area contributed by atoms with Crippen LogP contribution in [0.25, 0.3) is 0 Å². The highest BCUT2D eigenvalue weighted by atomic mass is 19.4. The molecule has 0 bridgehead atoms. The van der Waals surface area contributed by atoms with Crippen molar-refractivity contribution in [1.29, 1.82) is 0 Å². The maximum atomic E-state index is 13.7. The van der Waals surface area contributed by atoms with Crippen LogP contribution in [0.3, 0.4) is 0 Å². The molecule has 2 saturated heterocycles. The lowest BCUT2D eigenvalue weighted by molar-refractivity contribution is -0.154. The van der Waals surface area contributed by atoms with E-state index in [1.807, 2.05) is 36.4 Å². The first-order valence-electron chi connectivity index (χ1n) is 17.1. The number of rotatable bonds is 11. The van der Waals surface area contributed by atoms with Crippen molar-refractivity contribution in [2.45, 2.75) is 49.5 Å². The highest BCUT2D eigenvalue weighted by Crippen LogP contribution is 2.42. The summed E-state index contributed by atoms with van der Waals surface area (Å²) in [5.41, 5.74) is 2.85. The first-order valence-corrected chi connectivity index (χ1v) is 17.1. The van der Waals surface area contributed by atoms with E-state index < -0.39 is 12.8 Å². The third kappa shape index (κ3) is 7.91. The van der Waals surface area contributed by atoms with Crippen molar-refractivity contribution < 1.29 is 32.2 Å². The average Bonchev–Trinajstić information content (AvgIpc) is 4.00. The number of amides is 1. The zero-order valence-electron chi connectivity index (χ0n) is 28.5. The minimum atomic E-state index is -4.55. The fourth-order valence-corrected chi connectivity index (χ4v) is 7.27. The summed E-state index contributed by atoms with van der Waals surface area (Å²) in [4.78, 5) is 37.8. The van der Waals surface area contributed by atoms with Crippen LogP contribution in [-0.2, 0) is 6.54 Å². The molecule has 2 aliphatic heterocycles. The van der Waals surface area contributed by atoms with Crippen LogP contribution >= 0.6 is 0 Å². The van der Waals surface area contributed by atoms with Gasteiger partial charge in [-0.3, -0.25) is 19.6 Å². The second kappa shape index (κ2) is 14.8.